The highest BCUT2D eigenvalue weighted by Gasteiger charge is 2.20. The van der Waals surface area contributed by atoms with Crippen LogP contribution in [0.2, 0.25) is 0 Å². The molecule has 10 rings (SSSR count). The summed E-state index contributed by atoms with van der Waals surface area (Å²) in [7, 11) is 0. The maximum absolute atomic E-state index is 2.43. The van der Waals surface area contributed by atoms with Crippen molar-refractivity contribution in [1.82, 2.24) is 4.57 Å². The molecule has 0 radical (unpaired) electrons. The third-order valence-electron chi connectivity index (χ3n) is 10.1. The van der Waals surface area contributed by atoms with Crippen LogP contribution in [0.4, 0.5) is 17.1 Å². The minimum absolute atomic E-state index is 1.11. The second kappa shape index (κ2) is 11.5. The summed E-state index contributed by atoms with van der Waals surface area (Å²) in [6, 6.07) is 70.5. The highest BCUT2D eigenvalue weighted by molar-refractivity contribution is 6.20. The lowest BCUT2D eigenvalue weighted by Gasteiger charge is -2.28. The number of benzene rings is 9. The number of aromatic nitrogens is 1. The average Bonchev–Trinajstić information content (AvgIpc) is 3.52. The van der Waals surface area contributed by atoms with Gasteiger partial charge >= 0.3 is 0 Å². The summed E-state index contributed by atoms with van der Waals surface area (Å²) in [6.07, 6.45) is 0. The van der Waals surface area contributed by atoms with Crippen LogP contribution in [0.25, 0.3) is 70.9 Å². The fourth-order valence-electron chi connectivity index (χ4n) is 7.88. The molecule has 0 saturated carbocycles. The fraction of sp³-hybridized carbons (Fsp3) is 0. The van der Waals surface area contributed by atoms with Crippen molar-refractivity contribution in [3.63, 3.8) is 0 Å². The van der Waals surface area contributed by atoms with Crippen molar-refractivity contribution in [2.45, 2.75) is 0 Å². The summed E-state index contributed by atoms with van der Waals surface area (Å²) >= 11 is 0. The van der Waals surface area contributed by atoms with Gasteiger partial charge in [-0.3, -0.25) is 0 Å². The van der Waals surface area contributed by atoms with Crippen LogP contribution in [0.5, 0.6) is 0 Å². The average molecular weight is 637 g/mol. The maximum atomic E-state index is 2.43. The Kier molecular flexibility index (Phi) is 6.53. The van der Waals surface area contributed by atoms with Crippen molar-refractivity contribution in [2.24, 2.45) is 0 Å². The van der Waals surface area contributed by atoms with Gasteiger partial charge in [-0.2, -0.15) is 0 Å². The van der Waals surface area contributed by atoms with E-state index in [1.165, 1.54) is 65.3 Å². The van der Waals surface area contributed by atoms with E-state index in [4.69, 9.17) is 0 Å². The number of nitrogens with zero attached hydrogens (tertiary/aromatic N) is 2. The van der Waals surface area contributed by atoms with Crippen LogP contribution < -0.4 is 4.90 Å². The van der Waals surface area contributed by atoms with Crippen molar-refractivity contribution in [3.05, 3.63) is 194 Å². The summed E-state index contributed by atoms with van der Waals surface area (Å²) in [6.45, 7) is 0. The van der Waals surface area contributed by atoms with Crippen LogP contribution >= 0.6 is 0 Å². The zero-order chi connectivity index (χ0) is 33.0. The Morgan fingerprint density at radius 3 is 1.82 bits per heavy atom. The first-order valence-electron chi connectivity index (χ1n) is 17.2. The van der Waals surface area contributed by atoms with Gasteiger partial charge in [0.2, 0.25) is 0 Å². The molecule has 0 bridgehead atoms. The molecule has 50 heavy (non-hydrogen) atoms. The normalized spacial score (nSPS) is 11.6. The van der Waals surface area contributed by atoms with E-state index >= 15 is 0 Å². The number of anilines is 3. The lowest BCUT2D eigenvalue weighted by atomic mass is 9.96. The molecule has 0 amide bonds. The van der Waals surface area contributed by atoms with E-state index in [2.05, 4.69) is 204 Å². The molecule has 0 atom stereocenters. The first-order chi connectivity index (χ1) is 24.8. The van der Waals surface area contributed by atoms with Crippen molar-refractivity contribution in [2.75, 3.05) is 4.90 Å². The third kappa shape index (κ3) is 4.50. The monoisotopic (exact) mass is 636 g/mol. The number of rotatable bonds is 5. The van der Waals surface area contributed by atoms with Crippen molar-refractivity contribution in [3.8, 4) is 16.8 Å². The smallest absolute Gasteiger partial charge is 0.0542 e. The molecule has 2 heteroatoms. The molecule has 0 N–H and O–H groups in total. The third-order valence-corrected chi connectivity index (χ3v) is 10.1. The fourth-order valence-corrected chi connectivity index (χ4v) is 7.88. The Hall–Kier alpha value is -6.64. The molecule has 0 aliphatic heterocycles. The summed E-state index contributed by atoms with van der Waals surface area (Å²) in [5, 5.41) is 10.1. The Morgan fingerprint density at radius 2 is 0.960 bits per heavy atom. The molecule has 10 aromatic rings. The molecule has 0 saturated heterocycles. The van der Waals surface area contributed by atoms with E-state index in [1.807, 2.05) is 0 Å². The van der Waals surface area contributed by atoms with Gasteiger partial charge in [0.1, 0.15) is 0 Å². The van der Waals surface area contributed by atoms with Gasteiger partial charge in [0.15, 0.2) is 0 Å². The van der Waals surface area contributed by atoms with Gasteiger partial charge < -0.3 is 9.47 Å². The molecule has 1 heterocycles. The van der Waals surface area contributed by atoms with E-state index in [-0.39, 0.29) is 0 Å². The van der Waals surface area contributed by atoms with Gasteiger partial charge in [0.25, 0.3) is 0 Å². The minimum Gasteiger partial charge on any atom is -0.310 e. The molecule has 0 fully saturated rings. The second-order valence-electron chi connectivity index (χ2n) is 13.0. The van der Waals surface area contributed by atoms with Gasteiger partial charge in [-0.25, -0.2) is 0 Å². The zero-order valence-electron chi connectivity index (χ0n) is 27.4. The van der Waals surface area contributed by atoms with Gasteiger partial charge in [0.05, 0.1) is 16.7 Å². The van der Waals surface area contributed by atoms with E-state index in [0.717, 1.165) is 22.7 Å². The summed E-state index contributed by atoms with van der Waals surface area (Å²) in [5.74, 6) is 0. The van der Waals surface area contributed by atoms with Gasteiger partial charge in [-0.05, 0) is 92.5 Å². The Morgan fingerprint density at radius 1 is 0.360 bits per heavy atom. The quantitative estimate of drug-likeness (QED) is 0.171. The van der Waals surface area contributed by atoms with Crippen LogP contribution in [0.3, 0.4) is 0 Å². The van der Waals surface area contributed by atoms with Crippen molar-refractivity contribution < 1.29 is 0 Å². The topological polar surface area (TPSA) is 8.17 Å². The predicted molar refractivity (Wildman–Crippen MR) is 213 cm³/mol. The Balaban J connectivity index is 1.24. The van der Waals surface area contributed by atoms with E-state index < -0.39 is 0 Å². The Labute approximate surface area is 290 Å². The molecular weight excluding hydrogens is 605 g/mol. The number of para-hydroxylation sites is 3. The van der Waals surface area contributed by atoms with Gasteiger partial charge in [-0.1, -0.05) is 140 Å². The largest absolute Gasteiger partial charge is 0.310 e. The summed E-state index contributed by atoms with van der Waals surface area (Å²) < 4.78 is 2.38. The molecule has 234 valence electrons. The molecule has 0 spiro atoms. The van der Waals surface area contributed by atoms with Crippen molar-refractivity contribution >= 4 is 71.2 Å². The molecule has 9 aromatic carbocycles. The highest BCUT2D eigenvalue weighted by Crippen LogP contribution is 2.44. The first kappa shape index (κ1) is 28.4. The maximum Gasteiger partial charge on any atom is 0.0542 e. The van der Waals surface area contributed by atoms with Crippen LogP contribution in [0.15, 0.2) is 194 Å². The lowest BCUT2D eigenvalue weighted by Crippen LogP contribution is -2.11. The molecule has 0 aliphatic carbocycles. The molecule has 0 unspecified atom stereocenters. The second-order valence-corrected chi connectivity index (χ2v) is 13.0. The van der Waals surface area contributed by atoms with Crippen LogP contribution in [-0.4, -0.2) is 4.57 Å². The zero-order valence-corrected chi connectivity index (χ0v) is 27.4. The Bertz CT molecular complexity index is 2870. The highest BCUT2D eigenvalue weighted by atomic mass is 15.1. The number of hydrogen-bond donors (Lipinski definition) is 0. The lowest BCUT2D eigenvalue weighted by molar-refractivity contribution is 1.18. The summed E-state index contributed by atoms with van der Waals surface area (Å²) in [4.78, 5) is 2.43. The van der Waals surface area contributed by atoms with Crippen LogP contribution in [0, 0.1) is 0 Å². The first-order valence-corrected chi connectivity index (χ1v) is 17.2. The number of fused-ring (bicyclic) bond motifs is 8. The predicted octanol–water partition coefficient (Wildman–Crippen LogP) is 13.4. The van der Waals surface area contributed by atoms with Crippen LogP contribution in [0.1, 0.15) is 0 Å². The minimum atomic E-state index is 1.11. The molecule has 2 nitrogen and oxygen atoms in total. The van der Waals surface area contributed by atoms with Crippen molar-refractivity contribution in [1.29, 1.82) is 0 Å². The van der Waals surface area contributed by atoms with Gasteiger partial charge in [0, 0.05) is 33.4 Å². The molecule has 0 aliphatic rings. The van der Waals surface area contributed by atoms with E-state index in [1.54, 1.807) is 0 Å². The van der Waals surface area contributed by atoms with Gasteiger partial charge in [-0.15, -0.1) is 0 Å². The SMILES string of the molecule is c1ccc(-c2ccccc2N(c2ccc3c(ccc4ccc5ccccc5c43)c2)c2ccc3c(c2)c2ccccc2n3-c2ccccc2)cc1. The van der Waals surface area contributed by atoms with E-state index in [0.29, 0.717) is 0 Å². The van der Waals surface area contributed by atoms with Crippen LogP contribution in [-0.2, 0) is 0 Å². The standard InChI is InChI=1S/C48H32N2/c1-3-13-33(14-4-1)40-18-9-11-21-45(40)49(38-27-29-42-36(31-38)26-25-35-24-23-34-15-7-8-19-41(34)48(35)42)39-28-30-47-44(32-39)43-20-10-12-22-46(43)50(47)37-16-5-2-6-17-37/h1-32H. The number of hydrogen-bond acceptors (Lipinski definition) is 1. The van der Waals surface area contributed by atoms with E-state index in [9.17, 15) is 0 Å². The molecular formula is C48H32N2. The molecule has 1 aromatic heterocycles. The summed E-state index contributed by atoms with van der Waals surface area (Å²) in [5.41, 5.74) is 9.29.